The monoisotopic (exact) mass is 612 g/mol. The number of fused-ring (bicyclic) bond motifs is 1. The van der Waals surface area contributed by atoms with Gasteiger partial charge in [-0.25, -0.2) is 9.79 Å². The van der Waals surface area contributed by atoms with Crippen molar-refractivity contribution in [3.63, 3.8) is 0 Å². The highest BCUT2D eigenvalue weighted by molar-refractivity contribution is 7.10. The molecule has 2 aromatic heterocycles. The standard InChI is InChI=1S/C33H25ClN2O4S2/c1-2-39-32(38)28-29(23-7-4-3-5-8-23)35-33-36(30(28)26-9-6-18-41-26)31(37)27(42-33)19-21-12-16-25(17-13-21)40-20-22-10-14-24(34)15-11-22/h3-19,30H,2,20H2,1H3/b27-19-/t30-/m1/s1. The van der Waals surface area contributed by atoms with Crippen LogP contribution in [0.15, 0.2) is 112 Å². The number of hydrogen-bond acceptors (Lipinski definition) is 7. The van der Waals surface area contributed by atoms with Crippen LogP contribution in [0.25, 0.3) is 11.8 Å². The minimum Gasteiger partial charge on any atom is -0.489 e. The summed E-state index contributed by atoms with van der Waals surface area (Å²) in [6, 6.07) is 27.8. The van der Waals surface area contributed by atoms with Crippen LogP contribution in [-0.2, 0) is 16.1 Å². The van der Waals surface area contributed by atoms with Crippen molar-refractivity contribution in [3.05, 3.63) is 148 Å². The van der Waals surface area contributed by atoms with Gasteiger partial charge in [0.05, 0.1) is 22.4 Å². The van der Waals surface area contributed by atoms with E-state index in [2.05, 4.69) is 0 Å². The summed E-state index contributed by atoms with van der Waals surface area (Å²) >= 11 is 8.75. The minimum absolute atomic E-state index is 0.214. The number of hydrogen-bond donors (Lipinski definition) is 0. The second-order valence-corrected chi connectivity index (χ2v) is 11.9. The predicted molar refractivity (Wildman–Crippen MR) is 168 cm³/mol. The van der Waals surface area contributed by atoms with E-state index >= 15 is 0 Å². The largest absolute Gasteiger partial charge is 0.489 e. The number of rotatable bonds is 8. The summed E-state index contributed by atoms with van der Waals surface area (Å²) < 4.78 is 13.5. The number of halogens is 1. The Morgan fingerprint density at radius 1 is 1.00 bits per heavy atom. The van der Waals surface area contributed by atoms with Gasteiger partial charge in [0.15, 0.2) is 4.80 Å². The lowest BCUT2D eigenvalue weighted by Crippen LogP contribution is -2.39. The zero-order valence-corrected chi connectivity index (χ0v) is 24.9. The van der Waals surface area contributed by atoms with E-state index in [0.29, 0.717) is 38.0 Å². The van der Waals surface area contributed by atoms with Gasteiger partial charge in [0, 0.05) is 15.5 Å². The first-order valence-corrected chi connectivity index (χ1v) is 15.4. The number of aromatic nitrogens is 1. The average Bonchev–Trinajstić information content (AvgIpc) is 3.66. The molecule has 1 atom stereocenters. The first kappa shape index (κ1) is 27.9. The topological polar surface area (TPSA) is 69.9 Å². The summed E-state index contributed by atoms with van der Waals surface area (Å²) in [7, 11) is 0. The maximum absolute atomic E-state index is 13.9. The van der Waals surface area contributed by atoms with Gasteiger partial charge in [-0.3, -0.25) is 9.36 Å². The van der Waals surface area contributed by atoms with Crippen LogP contribution in [-0.4, -0.2) is 17.1 Å². The molecule has 5 aromatic rings. The fourth-order valence-corrected chi connectivity index (χ4v) is 6.67. The quantitative estimate of drug-likeness (QED) is 0.195. The van der Waals surface area contributed by atoms with Crippen molar-refractivity contribution in [1.29, 1.82) is 0 Å². The van der Waals surface area contributed by atoms with E-state index < -0.39 is 12.0 Å². The summed E-state index contributed by atoms with van der Waals surface area (Å²) in [5.74, 6) is 0.231. The molecular weight excluding hydrogens is 588 g/mol. The number of ether oxygens (including phenoxy) is 2. The SMILES string of the molecule is CCOC(=O)C1=C(c2ccccc2)N=c2s/c(=C\c3ccc(OCc4ccc(Cl)cc4)cc3)c(=O)n2[C@@H]1c1cccs1. The Morgan fingerprint density at radius 2 is 1.76 bits per heavy atom. The van der Waals surface area contributed by atoms with E-state index in [-0.39, 0.29) is 12.2 Å². The summed E-state index contributed by atoms with van der Waals surface area (Å²) in [5.41, 5.74) is 3.30. The van der Waals surface area contributed by atoms with Gasteiger partial charge in [0.1, 0.15) is 18.4 Å². The molecule has 3 aromatic carbocycles. The van der Waals surface area contributed by atoms with E-state index in [1.165, 1.54) is 22.7 Å². The first-order chi connectivity index (χ1) is 20.5. The Labute approximate surface area is 255 Å². The molecule has 0 N–H and O–H groups in total. The van der Waals surface area contributed by atoms with E-state index in [0.717, 1.165) is 21.6 Å². The van der Waals surface area contributed by atoms with Gasteiger partial charge in [0.25, 0.3) is 5.56 Å². The number of esters is 1. The molecule has 9 heteroatoms. The highest BCUT2D eigenvalue weighted by Crippen LogP contribution is 2.36. The van der Waals surface area contributed by atoms with Crippen LogP contribution in [0.2, 0.25) is 5.02 Å². The molecule has 42 heavy (non-hydrogen) atoms. The van der Waals surface area contributed by atoms with Crippen molar-refractivity contribution < 1.29 is 14.3 Å². The third-order valence-electron chi connectivity index (χ3n) is 6.68. The van der Waals surface area contributed by atoms with Crippen LogP contribution >= 0.6 is 34.3 Å². The zero-order valence-electron chi connectivity index (χ0n) is 22.5. The molecule has 0 saturated heterocycles. The smallest absolute Gasteiger partial charge is 0.338 e. The summed E-state index contributed by atoms with van der Waals surface area (Å²) in [4.78, 5) is 33.6. The van der Waals surface area contributed by atoms with Gasteiger partial charge in [-0.2, -0.15) is 0 Å². The molecule has 6 nitrogen and oxygen atoms in total. The molecule has 0 saturated carbocycles. The van der Waals surface area contributed by atoms with Crippen molar-refractivity contribution in [3.8, 4) is 5.75 Å². The number of thiazole rings is 1. The molecule has 1 aliphatic rings. The fourth-order valence-electron chi connectivity index (χ4n) is 4.72. The van der Waals surface area contributed by atoms with Crippen molar-refractivity contribution in [1.82, 2.24) is 4.57 Å². The summed E-state index contributed by atoms with van der Waals surface area (Å²) in [6.07, 6.45) is 1.84. The third kappa shape index (κ3) is 5.74. The molecule has 0 fully saturated rings. The van der Waals surface area contributed by atoms with Gasteiger partial charge >= 0.3 is 5.97 Å². The first-order valence-electron chi connectivity index (χ1n) is 13.3. The minimum atomic E-state index is -0.652. The zero-order chi connectivity index (χ0) is 29.1. The molecule has 210 valence electrons. The Bertz CT molecular complexity index is 1930. The van der Waals surface area contributed by atoms with Crippen molar-refractivity contribution in [2.75, 3.05) is 6.61 Å². The van der Waals surface area contributed by atoms with Gasteiger partial charge < -0.3 is 9.47 Å². The van der Waals surface area contributed by atoms with Crippen LogP contribution in [0.5, 0.6) is 5.75 Å². The van der Waals surface area contributed by atoms with E-state index in [1.54, 1.807) is 11.5 Å². The lowest BCUT2D eigenvalue weighted by Gasteiger charge is -2.24. The molecule has 6 rings (SSSR count). The van der Waals surface area contributed by atoms with Crippen molar-refractivity contribution in [2.24, 2.45) is 4.99 Å². The molecule has 0 radical (unpaired) electrons. The van der Waals surface area contributed by atoms with Gasteiger partial charge in [-0.05, 0) is 59.8 Å². The van der Waals surface area contributed by atoms with Crippen LogP contribution in [0.4, 0.5) is 0 Å². The Hall–Kier alpha value is -4.24. The maximum Gasteiger partial charge on any atom is 0.338 e. The third-order valence-corrected chi connectivity index (χ3v) is 8.84. The van der Waals surface area contributed by atoms with Crippen LogP contribution in [0.1, 0.15) is 34.5 Å². The van der Waals surface area contributed by atoms with Crippen LogP contribution in [0, 0.1) is 0 Å². The Kier molecular flexibility index (Phi) is 8.19. The molecule has 1 aliphatic heterocycles. The number of carbonyl (C=O) groups is 1. The van der Waals surface area contributed by atoms with Gasteiger partial charge in [0.2, 0.25) is 0 Å². The normalized spacial score (nSPS) is 14.8. The number of nitrogens with zero attached hydrogens (tertiary/aromatic N) is 2. The molecular formula is C33H25ClN2O4S2. The molecule has 3 heterocycles. The fraction of sp³-hybridized carbons (Fsp3) is 0.121. The van der Waals surface area contributed by atoms with Gasteiger partial charge in [-0.15, -0.1) is 11.3 Å². The van der Waals surface area contributed by atoms with E-state index in [4.69, 9.17) is 26.1 Å². The summed E-state index contributed by atoms with van der Waals surface area (Å²) in [5, 5.41) is 2.62. The molecule has 0 aliphatic carbocycles. The van der Waals surface area contributed by atoms with Crippen molar-refractivity contribution in [2.45, 2.75) is 19.6 Å². The number of carbonyl (C=O) groups excluding carboxylic acids is 1. The summed E-state index contributed by atoms with van der Waals surface area (Å²) in [6.45, 7) is 2.40. The number of benzene rings is 3. The maximum atomic E-state index is 13.9. The highest BCUT2D eigenvalue weighted by atomic mass is 35.5. The Balaban J connectivity index is 1.40. The van der Waals surface area contributed by atoms with Crippen LogP contribution in [0.3, 0.4) is 0 Å². The molecule has 0 bridgehead atoms. The molecule has 0 spiro atoms. The molecule has 0 unspecified atom stereocenters. The lowest BCUT2D eigenvalue weighted by molar-refractivity contribution is -0.138. The Morgan fingerprint density at radius 3 is 2.45 bits per heavy atom. The second kappa shape index (κ2) is 12.3. The van der Waals surface area contributed by atoms with E-state index in [1.807, 2.05) is 102 Å². The van der Waals surface area contributed by atoms with Crippen molar-refractivity contribution >= 4 is 52.0 Å². The highest BCUT2D eigenvalue weighted by Gasteiger charge is 2.35. The second-order valence-electron chi connectivity index (χ2n) is 9.43. The molecule has 0 amide bonds. The number of thiophene rings is 1. The lowest BCUT2D eigenvalue weighted by atomic mass is 9.97. The average molecular weight is 613 g/mol. The predicted octanol–water partition coefficient (Wildman–Crippen LogP) is 6.23. The van der Waals surface area contributed by atoms with Gasteiger partial charge in [-0.1, -0.05) is 83.6 Å². The van der Waals surface area contributed by atoms with Crippen LogP contribution < -0.4 is 19.6 Å². The van der Waals surface area contributed by atoms with E-state index in [9.17, 15) is 9.59 Å².